The Kier molecular flexibility index (Phi) is 6.28. The van der Waals surface area contributed by atoms with Crippen molar-refractivity contribution in [2.45, 2.75) is 6.04 Å². The van der Waals surface area contributed by atoms with Crippen molar-refractivity contribution in [3.8, 4) is 5.75 Å². The highest BCUT2D eigenvalue weighted by atomic mass is 32.1. The molecule has 0 saturated carbocycles. The molecule has 128 valence electrons. The Hall–Kier alpha value is -2.45. The lowest BCUT2D eigenvalue weighted by Gasteiger charge is -2.23. The van der Waals surface area contributed by atoms with Crippen LogP contribution in [0.25, 0.3) is 0 Å². The lowest BCUT2D eigenvalue weighted by molar-refractivity contribution is -0.384. The fraction of sp³-hybridized carbons (Fsp3) is 0.312. The molecular formula is C16H19N3O4S. The molecule has 7 nitrogen and oxygen atoms in total. The molecule has 2 aromatic rings. The summed E-state index contributed by atoms with van der Waals surface area (Å²) in [6, 6.07) is 9.75. The monoisotopic (exact) mass is 349 g/mol. The summed E-state index contributed by atoms with van der Waals surface area (Å²) < 4.78 is 5.34. The van der Waals surface area contributed by atoms with Gasteiger partial charge in [-0.3, -0.25) is 14.9 Å². The van der Waals surface area contributed by atoms with Crippen LogP contribution in [0.5, 0.6) is 5.75 Å². The molecule has 0 bridgehead atoms. The lowest BCUT2D eigenvalue weighted by atomic mass is 10.2. The maximum absolute atomic E-state index is 11.9. The molecular weight excluding hydrogens is 330 g/mol. The van der Waals surface area contributed by atoms with Crippen molar-refractivity contribution in [2.24, 2.45) is 0 Å². The van der Waals surface area contributed by atoms with Gasteiger partial charge in [-0.15, -0.1) is 11.3 Å². The van der Waals surface area contributed by atoms with Crippen LogP contribution in [0.3, 0.4) is 0 Å². The number of nitro benzene ring substituents is 1. The molecule has 1 aromatic carbocycles. The van der Waals surface area contributed by atoms with Gasteiger partial charge in [0.25, 0.3) is 11.6 Å². The molecule has 1 N–H and O–H groups in total. The van der Waals surface area contributed by atoms with E-state index in [9.17, 15) is 14.9 Å². The summed E-state index contributed by atoms with van der Waals surface area (Å²) in [6.45, 7) is 0.346. The first-order valence-corrected chi connectivity index (χ1v) is 8.19. The molecule has 0 spiro atoms. The van der Waals surface area contributed by atoms with Gasteiger partial charge in [0.05, 0.1) is 11.0 Å². The number of benzene rings is 1. The van der Waals surface area contributed by atoms with E-state index in [-0.39, 0.29) is 24.2 Å². The molecule has 0 aliphatic heterocycles. The molecule has 0 aliphatic rings. The summed E-state index contributed by atoms with van der Waals surface area (Å²) in [6.07, 6.45) is 0. The SMILES string of the molecule is CN(C)C(CNC(=O)COc1ccc([N+](=O)[O-])cc1)c1cccs1. The molecule has 8 heteroatoms. The number of rotatable bonds is 8. The number of nitrogens with zero attached hydrogens (tertiary/aromatic N) is 2. The number of carbonyl (C=O) groups is 1. The summed E-state index contributed by atoms with van der Waals surface area (Å²) in [7, 11) is 3.92. The molecule has 1 atom stereocenters. The van der Waals surface area contributed by atoms with Crippen LogP contribution in [0.1, 0.15) is 10.9 Å². The van der Waals surface area contributed by atoms with Crippen LogP contribution in [0.2, 0.25) is 0 Å². The third-order valence-corrected chi connectivity index (χ3v) is 4.38. The van der Waals surface area contributed by atoms with Crippen LogP contribution in [0.15, 0.2) is 41.8 Å². The minimum absolute atomic E-state index is 0.0171. The number of thiophene rings is 1. The zero-order valence-corrected chi connectivity index (χ0v) is 14.3. The topological polar surface area (TPSA) is 84.7 Å². The summed E-state index contributed by atoms with van der Waals surface area (Å²) in [5.41, 5.74) is -0.0171. The van der Waals surface area contributed by atoms with E-state index in [1.165, 1.54) is 29.1 Å². The maximum atomic E-state index is 11.9. The van der Waals surface area contributed by atoms with Crippen LogP contribution in [0.4, 0.5) is 5.69 Å². The summed E-state index contributed by atoms with van der Waals surface area (Å²) in [4.78, 5) is 25.2. The van der Waals surface area contributed by atoms with Crippen molar-refractivity contribution in [1.82, 2.24) is 10.2 Å². The van der Waals surface area contributed by atoms with Gasteiger partial charge in [0.2, 0.25) is 0 Å². The standard InChI is InChI=1S/C16H19N3O4S/c1-18(2)14(15-4-3-9-24-15)10-17-16(20)11-23-13-7-5-12(6-8-13)19(21)22/h3-9,14H,10-11H2,1-2H3,(H,17,20). The average molecular weight is 349 g/mol. The van der Waals surface area contributed by atoms with Crippen molar-refractivity contribution in [2.75, 3.05) is 27.2 Å². The van der Waals surface area contributed by atoms with Crippen LogP contribution in [0, 0.1) is 10.1 Å². The van der Waals surface area contributed by atoms with E-state index in [4.69, 9.17) is 4.74 Å². The van der Waals surface area contributed by atoms with Crippen molar-refractivity contribution in [3.63, 3.8) is 0 Å². The zero-order chi connectivity index (χ0) is 17.5. The molecule has 0 fully saturated rings. The van der Waals surface area contributed by atoms with Crippen LogP contribution in [-0.4, -0.2) is 43.0 Å². The number of likely N-dealkylation sites (N-methyl/N-ethyl adjacent to an activating group) is 1. The van der Waals surface area contributed by atoms with E-state index in [1.54, 1.807) is 11.3 Å². The smallest absolute Gasteiger partial charge is 0.269 e. The van der Waals surface area contributed by atoms with Crippen molar-refractivity contribution in [3.05, 3.63) is 56.8 Å². The van der Waals surface area contributed by atoms with E-state index < -0.39 is 4.92 Å². The molecule has 24 heavy (non-hydrogen) atoms. The van der Waals surface area contributed by atoms with Gasteiger partial charge in [-0.2, -0.15) is 0 Å². The van der Waals surface area contributed by atoms with Gasteiger partial charge in [0.15, 0.2) is 6.61 Å². The van der Waals surface area contributed by atoms with Crippen LogP contribution < -0.4 is 10.1 Å². The van der Waals surface area contributed by atoms with Crippen LogP contribution in [-0.2, 0) is 4.79 Å². The molecule has 0 aliphatic carbocycles. The minimum Gasteiger partial charge on any atom is -0.484 e. The zero-order valence-electron chi connectivity index (χ0n) is 13.5. The number of nitrogens with one attached hydrogen (secondary N) is 1. The Morgan fingerprint density at radius 1 is 1.33 bits per heavy atom. The fourth-order valence-electron chi connectivity index (χ4n) is 2.09. The number of amides is 1. The number of non-ortho nitro benzene ring substituents is 1. The quantitative estimate of drug-likeness (QED) is 0.584. The molecule has 1 heterocycles. The van der Waals surface area contributed by atoms with Gasteiger partial charge in [0, 0.05) is 23.6 Å². The third-order valence-electron chi connectivity index (χ3n) is 3.41. The Bertz CT molecular complexity index is 671. The van der Waals surface area contributed by atoms with Crippen molar-refractivity contribution in [1.29, 1.82) is 0 Å². The van der Waals surface area contributed by atoms with Gasteiger partial charge >= 0.3 is 0 Å². The molecule has 1 aromatic heterocycles. The largest absolute Gasteiger partial charge is 0.484 e. The first-order chi connectivity index (χ1) is 11.5. The number of carbonyl (C=O) groups excluding carboxylic acids is 1. The van der Waals surface area contributed by atoms with E-state index >= 15 is 0 Å². The van der Waals surface area contributed by atoms with Crippen molar-refractivity contribution < 1.29 is 14.5 Å². The normalized spacial score (nSPS) is 12.0. The van der Waals surface area contributed by atoms with Gasteiger partial charge < -0.3 is 15.0 Å². The second-order valence-corrected chi connectivity index (χ2v) is 6.32. The summed E-state index contributed by atoms with van der Waals surface area (Å²) >= 11 is 1.65. The third kappa shape index (κ3) is 5.04. The highest BCUT2D eigenvalue weighted by Crippen LogP contribution is 2.22. The van der Waals surface area contributed by atoms with E-state index in [0.717, 1.165) is 0 Å². The first-order valence-electron chi connectivity index (χ1n) is 7.31. The predicted octanol–water partition coefficient (Wildman–Crippen LogP) is 2.45. The highest BCUT2D eigenvalue weighted by Gasteiger charge is 2.16. The number of nitro groups is 1. The average Bonchev–Trinajstić information content (AvgIpc) is 3.07. The molecule has 2 rings (SSSR count). The molecule has 1 amide bonds. The molecule has 1 unspecified atom stereocenters. The second-order valence-electron chi connectivity index (χ2n) is 5.34. The minimum atomic E-state index is -0.484. The maximum Gasteiger partial charge on any atom is 0.269 e. The van der Waals surface area contributed by atoms with E-state index in [1.807, 2.05) is 36.5 Å². The Morgan fingerprint density at radius 3 is 2.58 bits per heavy atom. The van der Waals surface area contributed by atoms with E-state index in [0.29, 0.717) is 12.3 Å². The fourth-order valence-corrected chi connectivity index (χ4v) is 3.02. The molecule has 0 saturated heterocycles. The number of hydrogen-bond acceptors (Lipinski definition) is 6. The van der Waals surface area contributed by atoms with Gasteiger partial charge in [-0.25, -0.2) is 0 Å². The van der Waals surface area contributed by atoms with Gasteiger partial charge in [-0.1, -0.05) is 6.07 Å². The predicted molar refractivity (Wildman–Crippen MR) is 92.3 cm³/mol. The second kappa shape index (κ2) is 8.42. The summed E-state index contributed by atoms with van der Waals surface area (Å²) in [5.74, 6) is 0.176. The first kappa shape index (κ1) is 17.9. The van der Waals surface area contributed by atoms with Gasteiger partial charge in [0.1, 0.15) is 5.75 Å². The number of hydrogen-bond donors (Lipinski definition) is 1. The Balaban J connectivity index is 1.81. The lowest BCUT2D eigenvalue weighted by Crippen LogP contribution is -2.36. The van der Waals surface area contributed by atoms with Gasteiger partial charge in [-0.05, 0) is 37.7 Å². The van der Waals surface area contributed by atoms with E-state index in [2.05, 4.69) is 5.32 Å². The molecule has 0 radical (unpaired) electrons. The van der Waals surface area contributed by atoms with Crippen LogP contribution >= 0.6 is 11.3 Å². The highest BCUT2D eigenvalue weighted by molar-refractivity contribution is 7.10. The van der Waals surface area contributed by atoms with Crippen molar-refractivity contribution >= 4 is 22.9 Å². The summed E-state index contributed by atoms with van der Waals surface area (Å²) in [5, 5.41) is 15.4. The Labute approximate surface area is 144 Å². The number of ether oxygens (including phenoxy) is 1. The Morgan fingerprint density at radius 2 is 2.04 bits per heavy atom.